The number of carbonyl (C=O) groups is 1. The van der Waals surface area contributed by atoms with Crippen molar-refractivity contribution in [3.8, 4) is 0 Å². The van der Waals surface area contributed by atoms with Crippen molar-refractivity contribution in [1.82, 2.24) is 5.32 Å². The highest BCUT2D eigenvalue weighted by molar-refractivity contribution is 9.10. The summed E-state index contributed by atoms with van der Waals surface area (Å²) in [7, 11) is 1.60. The Morgan fingerprint density at radius 3 is 2.80 bits per heavy atom. The van der Waals surface area contributed by atoms with Crippen molar-refractivity contribution in [3.05, 3.63) is 28.2 Å². The van der Waals surface area contributed by atoms with E-state index < -0.39 is 5.60 Å². The Morgan fingerprint density at radius 2 is 2.20 bits per heavy atom. The summed E-state index contributed by atoms with van der Waals surface area (Å²) in [5, 5.41) is 15.3. The Bertz CT molecular complexity index is 464. The molecule has 1 atom stereocenters. The van der Waals surface area contributed by atoms with Crippen LogP contribution in [0.5, 0.6) is 0 Å². The van der Waals surface area contributed by atoms with Crippen molar-refractivity contribution < 1.29 is 14.6 Å². The lowest BCUT2D eigenvalue weighted by molar-refractivity contribution is 0.0587. The fraction of sp³-hybridized carbons (Fsp3) is 0.500. The summed E-state index contributed by atoms with van der Waals surface area (Å²) in [6, 6.07) is 5.17. The van der Waals surface area contributed by atoms with Gasteiger partial charge in [-0.05, 0) is 25.5 Å². The molecule has 0 aliphatic rings. The smallest absolute Gasteiger partial charge is 0.319 e. The molecule has 112 valence electrons. The Hall–Kier alpha value is -1.11. The van der Waals surface area contributed by atoms with E-state index in [0.717, 1.165) is 10.0 Å². The van der Waals surface area contributed by atoms with Gasteiger partial charge in [0.05, 0.1) is 12.2 Å². The van der Waals surface area contributed by atoms with Crippen molar-refractivity contribution in [1.29, 1.82) is 0 Å². The van der Waals surface area contributed by atoms with Gasteiger partial charge < -0.3 is 20.5 Å². The molecule has 1 aromatic rings. The monoisotopic (exact) mass is 344 g/mol. The number of methoxy groups -OCH3 is 1. The van der Waals surface area contributed by atoms with E-state index in [1.54, 1.807) is 20.1 Å². The van der Waals surface area contributed by atoms with Gasteiger partial charge in [-0.3, -0.25) is 0 Å². The second-order valence-electron chi connectivity index (χ2n) is 4.86. The van der Waals surface area contributed by atoms with E-state index >= 15 is 0 Å². The van der Waals surface area contributed by atoms with Crippen molar-refractivity contribution in [2.45, 2.75) is 32.5 Å². The van der Waals surface area contributed by atoms with Gasteiger partial charge in [0.15, 0.2) is 0 Å². The van der Waals surface area contributed by atoms with Crippen LogP contribution in [0.2, 0.25) is 0 Å². The van der Waals surface area contributed by atoms with Gasteiger partial charge in [0, 0.05) is 29.4 Å². The van der Waals surface area contributed by atoms with Gasteiger partial charge in [0.1, 0.15) is 0 Å². The van der Waals surface area contributed by atoms with Gasteiger partial charge in [0.25, 0.3) is 0 Å². The number of carbonyl (C=O) groups excluding carboxylic acids is 1. The normalized spacial score (nSPS) is 13.7. The summed E-state index contributed by atoms with van der Waals surface area (Å²) < 4.78 is 5.99. The third kappa shape index (κ3) is 5.11. The van der Waals surface area contributed by atoms with Crippen molar-refractivity contribution in [2.75, 3.05) is 19.0 Å². The lowest BCUT2D eigenvalue weighted by Gasteiger charge is -2.22. The van der Waals surface area contributed by atoms with Gasteiger partial charge in [-0.1, -0.05) is 28.9 Å². The summed E-state index contributed by atoms with van der Waals surface area (Å²) in [4.78, 5) is 11.9. The van der Waals surface area contributed by atoms with Gasteiger partial charge in [-0.15, -0.1) is 0 Å². The van der Waals surface area contributed by atoms with Crippen LogP contribution >= 0.6 is 15.9 Å². The topological polar surface area (TPSA) is 70.6 Å². The minimum absolute atomic E-state index is 0.197. The maximum absolute atomic E-state index is 11.9. The largest absolute Gasteiger partial charge is 0.388 e. The summed E-state index contributed by atoms with van der Waals surface area (Å²) in [6.07, 6.45) is 0.569. The zero-order valence-electron chi connectivity index (χ0n) is 12.0. The molecule has 1 rings (SSSR count). The number of hydrogen-bond acceptors (Lipinski definition) is 3. The lowest BCUT2D eigenvalue weighted by atomic mass is 10.0. The van der Waals surface area contributed by atoms with Crippen LogP contribution < -0.4 is 10.6 Å². The predicted octanol–water partition coefficient (Wildman–Crippen LogP) is 2.88. The number of urea groups is 1. The number of anilines is 1. The van der Waals surface area contributed by atoms with Crippen LogP contribution in [0, 0.1) is 0 Å². The van der Waals surface area contributed by atoms with Crippen LogP contribution in [0.3, 0.4) is 0 Å². The molecule has 3 N–H and O–H groups in total. The van der Waals surface area contributed by atoms with E-state index in [4.69, 9.17) is 4.74 Å². The Balaban J connectivity index is 2.69. The van der Waals surface area contributed by atoms with Crippen molar-refractivity contribution in [2.24, 2.45) is 0 Å². The first-order chi connectivity index (χ1) is 9.39. The Kier molecular flexibility index (Phi) is 6.45. The molecule has 5 nitrogen and oxygen atoms in total. The Labute approximate surface area is 127 Å². The van der Waals surface area contributed by atoms with Gasteiger partial charge in [0.2, 0.25) is 0 Å². The van der Waals surface area contributed by atoms with Crippen LogP contribution in [0.15, 0.2) is 22.7 Å². The minimum atomic E-state index is -0.899. The van der Waals surface area contributed by atoms with E-state index in [1.807, 2.05) is 19.1 Å². The van der Waals surface area contributed by atoms with Crippen molar-refractivity contribution >= 4 is 27.6 Å². The molecule has 0 unspecified atom stereocenters. The number of ether oxygens (including phenoxy) is 1. The van der Waals surface area contributed by atoms with E-state index in [1.165, 1.54) is 0 Å². The van der Waals surface area contributed by atoms with E-state index in [9.17, 15) is 9.90 Å². The number of aliphatic hydroxyl groups is 1. The summed E-state index contributed by atoms with van der Waals surface area (Å²) in [5.41, 5.74) is 0.645. The fourth-order valence-corrected chi connectivity index (χ4v) is 2.01. The standard InChI is InChI=1S/C14H21BrN2O3/c1-4-14(2,19)9-16-13(18)17-12-7-5-6-11(15)10(12)8-20-3/h5-7,19H,4,8-9H2,1-3H3,(H2,16,17,18)/t14-/m0/s1. The molecular formula is C14H21BrN2O3. The Morgan fingerprint density at radius 1 is 1.50 bits per heavy atom. The maximum atomic E-state index is 11.9. The molecule has 0 heterocycles. The van der Waals surface area contributed by atoms with Crippen molar-refractivity contribution in [3.63, 3.8) is 0 Å². The molecule has 0 radical (unpaired) electrons. The average Bonchev–Trinajstić information content (AvgIpc) is 2.41. The first-order valence-corrected chi connectivity index (χ1v) is 7.22. The van der Waals surface area contributed by atoms with Crippen LogP contribution in [-0.2, 0) is 11.3 Å². The van der Waals surface area contributed by atoms with E-state index in [0.29, 0.717) is 18.7 Å². The highest BCUT2D eigenvalue weighted by Crippen LogP contribution is 2.25. The third-order valence-corrected chi connectivity index (χ3v) is 3.79. The summed E-state index contributed by atoms with van der Waals surface area (Å²) >= 11 is 3.43. The number of amides is 2. The highest BCUT2D eigenvalue weighted by atomic mass is 79.9. The van der Waals surface area contributed by atoms with Gasteiger partial charge in [-0.2, -0.15) is 0 Å². The predicted molar refractivity (Wildman–Crippen MR) is 82.8 cm³/mol. The number of hydrogen-bond donors (Lipinski definition) is 3. The molecule has 0 aliphatic heterocycles. The van der Waals surface area contributed by atoms with Gasteiger partial charge >= 0.3 is 6.03 Å². The first kappa shape index (κ1) is 16.9. The molecule has 0 saturated heterocycles. The van der Waals surface area contributed by atoms with Crippen LogP contribution in [-0.4, -0.2) is 30.4 Å². The molecule has 0 bridgehead atoms. The quantitative estimate of drug-likeness (QED) is 0.743. The van der Waals surface area contributed by atoms with E-state index in [-0.39, 0.29) is 12.6 Å². The third-order valence-electron chi connectivity index (χ3n) is 3.05. The number of benzene rings is 1. The molecule has 0 saturated carbocycles. The lowest BCUT2D eigenvalue weighted by Crippen LogP contribution is -2.41. The number of nitrogens with one attached hydrogen (secondary N) is 2. The molecular weight excluding hydrogens is 324 g/mol. The second kappa shape index (κ2) is 7.61. The second-order valence-corrected chi connectivity index (χ2v) is 5.71. The zero-order chi connectivity index (χ0) is 15.2. The minimum Gasteiger partial charge on any atom is -0.388 e. The fourth-order valence-electron chi connectivity index (χ4n) is 1.53. The molecule has 0 aromatic heterocycles. The first-order valence-electron chi connectivity index (χ1n) is 6.43. The summed E-state index contributed by atoms with van der Waals surface area (Å²) in [5.74, 6) is 0. The molecule has 2 amide bonds. The highest BCUT2D eigenvalue weighted by Gasteiger charge is 2.18. The zero-order valence-corrected chi connectivity index (χ0v) is 13.6. The number of halogens is 1. The molecule has 0 aliphatic carbocycles. The molecule has 0 spiro atoms. The molecule has 20 heavy (non-hydrogen) atoms. The van der Waals surface area contributed by atoms with Gasteiger partial charge in [-0.25, -0.2) is 4.79 Å². The van der Waals surface area contributed by atoms with Crippen LogP contribution in [0.1, 0.15) is 25.8 Å². The average molecular weight is 345 g/mol. The maximum Gasteiger partial charge on any atom is 0.319 e. The van der Waals surface area contributed by atoms with E-state index in [2.05, 4.69) is 26.6 Å². The molecule has 6 heteroatoms. The van der Waals surface area contributed by atoms with Crippen LogP contribution in [0.25, 0.3) is 0 Å². The number of rotatable bonds is 6. The SMILES string of the molecule is CC[C@](C)(O)CNC(=O)Nc1cccc(Br)c1COC. The van der Waals surface area contributed by atoms with Crippen LogP contribution in [0.4, 0.5) is 10.5 Å². The molecule has 0 fully saturated rings. The molecule has 1 aromatic carbocycles. The summed E-state index contributed by atoms with van der Waals surface area (Å²) in [6.45, 7) is 4.14.